The number of anilines is 3. The first kappa shape index (κ1) is 36.4. The summed E-state index contributed by atoms with van der Waals surface area (Å²) in [6, 6.07) is 32.2. The van der Waals surface area contributed by atoms with Gasteiger partial charge in [0.15, 0.2) is 0 Å². The molecule has 262 valence electrons. The second kappa shape index (κ2) is 16.7. The van der Waals surface area contributed by atoms with Crippen LogP contribution in [0.4, 0.5) is 17.1 Å². The number of carbonyl (C=O) groups excluding carboxylic acids is 4. The van der Waals surface area contributed by atoms with Crippen molar-refractivity contribution >= 4 is 65.2 Å². The fourth-order valence-corrected chi connectivity index (χ4v) is 5.32. The molecule has 0 bridgehead atoms. The molecule has 2 aromatic heterocycles. The summed E-state index contributed by atoms with van der Waals surface area (Å²) in [4.78, 5) is 55.2. The number of methoxy groups -OCH3 is 4. The Bertz CT molecular complexity index is 2090. The first-order chi connectivity index (χ1) is 25.1. The third-order valence-electron chi connectivity index (χ3n) is 8.01. The lowest BCUT2D eigenvalue weighted by Crippen LogP contribution is -2.43. The molecule has 11 heteroatoms. The second-order valence-electron chi connectivity index (χ2n) is 11.3. The molecule has 0 spiro atoms. The Kier molecular flexibility index (Phi) is 11.7. The van der Waals surface area contributed by atoms with E-state index in [4.69, 9.17) is 18.9 Å². The van der Waals surface area contributed by atoms with Crippen molar-refractivity contribution in [1.82, 2.24) is 4.98 Å². The summed E-state index contributed by atoms with van der Waals surface area (Å²) < 4.78 is 20.8. The Labute approximate surface area is 301 Å². The quantitative estimate of drug-likeness (QED) is 0.0821. The van der Waals surface area contributed by atoms with Crippen LogP contribution in [-0.4, -0.2) is 57.3 Å². The molecule has 0 N–H and O–H groups in total. The molecule has 0 aliphatic rings. The highest BCUT2D eigenvalue weighted by molar-refractivity contribution is 5.93. The van der Waals surface area contributed by atoms with E-state index in [-0.39, 0.29) is 22.8 Å². The van der Waals surface area contributed by atoms with Gasteiger partial charge >= 0.3 is 23.9 Å². The van der Waals surface area contributed by atoms with Crippen LogP contribution in [0.15, 0.2) is 103 Å². The van der Waals surface area contributed by atoms with Gasteiger partial charge in [-0.05, 0) is 70.8 Å². The van der Waals surface area contributed by atoms with Gasteiger partial charge in [-0.2, -0.15) is 4.57 Å². The van der Waals surface area contributed by atoms with Crippen molar-refractivity contribution < 1.29 is 42.7 Å². The minimum atomic E-state index is -0.663. The number of aromatic nitrogens is 2. The van der Waals surface area contributed by atoms with Crippen molar-refractivity contribution in [1.29, 1.82) is 0 Å². The van der Waals surface area contributed by atoms with Gasteiger partial charge in [0.2, 0.25) is 0 Å². The number of hydrogen-bond donors (Lipinski definition) is 0. The van der Waals surface area contributed by atoms with Crippen molar-refractivity contribution in [2.75, 3.05) is 33.3 Å². The van der Waals surface area contributed by atoms with Crippen LogP contribution in [0.2, 0.25) is 0 Å². The molecule has 3 aromatic carbocycles. The van der Waals surface area contributed by atoms with Crippen molar-refractivity contribution in [3.05, 3.63) is 148 Å². The smallest absolute Gasteiger partial charge is 0.403 e. The third kappa shape index (κ3) is 8.45. The van der Waals surface area contributed by atoms with Crippen LogP contribution >= 0.6 is 0 Å². The number of hydrogen-bond acceptors (Lipinski definition) is 10. The predicted molar refractivity (Wildman–Crippen MR) is 196 cm³/mol. The Hall–Kier alpha value is -6.88. The van der Waals surface area contributed by atoms with Gasteiger partial charge < -0.3 is 23.8 Å². The van der Waals surface area contributed by atoms with E-state index in [1.54, 1.807) is 25.3 Å². The molecule has 0 radical (unpaired) electrons. The fraction of sp³-hybridized carbons (Fsp3) is 0.122. The van der Waals surface area contributed by atoms with E-state index in [0.29, 0.717) is 11.1 Å². The molecule has 2 heterocycles. The lowest BCUT2D eigenvalue weighted by molar-refractivity contribution is -0.676. The Balaban J connectivity index is 1.41. The summed E-state index contributed by atoms with van der Waals surface area (Å²) in [6.07, 6.45) is 7.34. The molecule has 0 saturated heterocycles. The highest BCUT2D eigenvalue weighted by atomic mass is 16.5. The summed E-state index contributed by atoms with van der Waals surface area (Å²) in [5.74, 6) is -2.48. The van der Waals surface area contributed by atoms with Crippen LogP contribution in [0.5, 0.6) is 0 Å². The molecule has 0 saturated carbocycles. The van der Waals surface area contributed by atoms with Gasteiger partial charge in [-0.3, -0.25) is 0 Å². The lowest BCUT2D eigenvalue weighted by Gasteiger charge is -2.25. The molecule has 0 fully saturated rings. The predicted octanol–water partition coefficient (Wildman–Crippen LogP) is 6.86. The van der Waals surface area contributed by atoms with Crippen molar-refractivity contribution in [2.24, 2.45) is 7.05 Å². The molecule has 0 unspecified atom stereocenters. The second-order valence-corrected chi connectivity index (χ2v) is 11.3. The van der Waals surface area contributed by atoms with Gasteiger partial charge in [-0.1, -0.05) is 66.8 Å². The molecule has 0 aliphatic heterocycles. The molecule has 0 amide bonds. The van der Waals surface area contributed by atoms with Gasteiger partial charge in [-0.15, -0.1) is 0 Å². The number of benzene rings is 3. The van der Waals surface area contributed by atoms with E-state index < -0.39 is 23.9 Å². The average molecular weight is 699 g/mol. The fourth-order valence-electron chi connectivity index (χ4n) is 5.32. The van der Waals surface area contributed by atoms with Crippen LogP contribution in [0.3, 0.4) is 0 Å². The number of nitrogens with zero attached hydrogens (tertiary/aromatic N) is 3. The van der Waals surface area contributed by atoms with Gasteiger partial charge in [-0.25, -0.2) is 24.2 Å². The molecule has 11 nitrogen and oxygen atoms in total. The van der Waals surface area contributed by atoms with Crippen LogP contribution in [-0.2, 0) is 26.0 Å². The van der Waals surface area contributed by atoms with Gasteiger partial charge in [0.1, 0.15) is 18.4 Å². The average Bonchev–Trinajstić information content (AvgIpc) is 3.19. The first-order valence-electron chi connectivity index (χ1n) is 16.0. The lowest BCUT2D eigenvalue weighted by atomic mass is 10.1. The largest absolute Gasteiger partial charge is 0.464 e. The van der Waals surface area contributed by atoms with Crippen molar-refractivity contribution in [2.45, 2.75) is 0 Å². The minimum absolute atomic E-state index is 0.00457. The summed E-state index contributed by atoms with van der Waals surface area (Å²) in [5.41, 5.74) is 6.18. The molecule has 5 aromatic rings. The van der Waals surface area contributed by atoms with E-state index in [2.05, 4.69) is 9.88 Å². The zero-order chi connectivity index (χ0) is 37.2. The van der Waals surface area contributed by atoms with Crippen molar-refractivity contribution in [3.63, 3.8) is 0 Å². The topological polar surface area (TPSA) is 125 Å². The SMILES string of the molecule is COC(=O)c1cc(/C=C/c2ccc(N(c3ccccc3)c3ccc(/C=C/c4cc(C(=O)OC)[n+](C)c(C(=O)OC)c4)cc3)cc2)cc(C(=O)OC)n1. The highest BCUT2D eigenvalue weighted by Crippen LogP contribution is 2.35. The number of para-hydroxylation sites is 1. The molecule has 5 rings (SSSR count). The third-order valence-corrected chi connectivity index (χ3v) is 8.01. The van der Waals surface area contributed by atoms with E-state index in [0.717, 1.165) is 28.2 Å². The zero-order valence-corrected chi connectivity index (χ0v) is 29.2. The summed E-state index contributed by atoms with van der Waals surface area (Å²) in [5, 5.41) is 0. The summed E-state index contributed by atoms with van der Waals surface area (Å²) in [7, 11) is 6.66. The van der Waals surface area contributed by atoms with Crippen LogP contribution in [0, 0.1) is 0 Å². The normalized spacial score (nSPS) is 10.9. The van der Waals surface area contributed by atoms with Gasteiger partial charge in [0, 0.05) is 29.2 Å². The molecule has 52 heavy (non-hydrogen) atoms. The number of rotatable bonds is 11. The number of ether oxygens (including phenoxy) is 4. The Morgan fingerprint density at radius 1 is 0.500 bits per heavy atom. The minimum Gasteiger partial charge on any atom is -0.464 e. The van der Waals surface area contributed by atoms with Crippen molar-refractivity contribution in [3.8, 4) is 0 Å². The molecule has 0 atom stereocenters. The van der Waals surface area contributed by atoms with Gasteiger partial charge in [0.05, 0.1) is 28.4 Å². The molecule has 0 aliphatic carbocycles. The van der Waals surface area contributed by atoms with Crippen LogP contribution in [0.1, 0.15) is 64.2 Å². The number of pyridine rings is 2. The first-order valence-corrected chi connectivity index (χ1v) is 16.0. The monoisotopic (exact) mass is 698 g/mol. The maximum Gasteiger partial charge on any atom is 0.403 e. The zero-order valence-electron chi connectivity index (χ0n) is 29.2. The molecular weight excluding hydrogens is 662 g/mol. The molecular formula is C41H36N3O8+. The van der Waals surface area contributed by atoms with E-state index >= 15 is 0 Å². The Morgan fingerprint density at radius 2 is 0.865 bits per heavy atom. The van der Waals surface area contributed by atoms with Crippen LogP contribution in [0.25, 0.3) is 24.3 Å². The maximum atomic E-state index is 12.4. The summed E-state index contributed by atoms with van der Waals surface area (Å²) >= 11 is 0. The van der Waals surface area contributed by atoms with E-state index in [1.165, 1.54) is 45.1 Å². The Morgan fingerprint density at radius 3 is 1.27 bits per heavy atom. The highest BCUT2D eigenvalue weighted by Gasteiger charge is 2.27. The van der Waals surface area contributed by atoms with Gasteiger partial charge in [0.25, 0.3) is 11.4 Å². The summed E-state index contributed by atoms with van der Waals surface area (Å²) in [6.45, 7) is 0. The number of esters is 4. The van der Waals surface area contributed by atoms with Crippen LogP contribution < -0.4 is 9.47 Å². The maximum absolute atomic E-state index is 12.4. The van der Waals surface area contributed by atoms with E-state index in [1.807, 2.05) is 97.1 Å². The van der Waals surface area contributed by atoms with E-state index in [9.17, 15) is 19.2 Å². The standard InChI is InChI=1S/C41H36N3O8/c1-43-36(40(47)51-4)25-30(26-37(43)41(48)52-5)14-12-28-17-21-33(22-18-28)44(31-9-7-6-8-10-31)32-19-15-27(16-20-32)11-13-29-23-34(38(45)49-2)42-35(24-29)39(46)50-3/h6-26H,1-5H3/q+1/b13-11+. The number of carbonyl (C=O) groups is 4.